The van der Waals surface area contributed by atoms with Crippen molar-refractivity contribution >= 4 is 21.8 Å². The number of hydrogen-bond acceptors (Lipinski definition) is 6. The number of hydrogen-bond donors (Lipinski definition) is 2. The first kappa shape index (κ1) is 15.8. The van der Waals surface area contributed by atoms with E-state index in [9.17, 15) is 13.2 Å². The van der Waals surface area contributed by atoms with E-state index in [1.54, 1.807) is 12.1 Å². The largest absolute Gasteiger partial charge is 0.494 e. The lowest BCUT2D eigenvalue weighted by Gasteiger charge is -2.06. The summed E-state index contributed by atoms with van der Waals surface area (Å²) in [5, 5.41) is 16.0. The van der Waals surface area contributed by atoms with Gasteiger partial charge in [-0.1, -0.05) is 0 Å². The molecule has 2 rings (SSSR count). The smallest absolute Gasteiger partial charge is 0.327 e. The average molecular weight is 326 g/mol. The number of aliphatic carboxylic acids is 1. The van der Waals surface area contributed by atoms with Crippen LogP contribution in [-0.4, -0.2) is 41.1 Å². The van der Waals surface area contributed by atoms with Crippen molar-refractivity contribution < 1.29 is 23.1 Å². The first-order valence-electron chi connectivity index (χ1n) is 6.28. The Hall–Kier alpha value is -2.62. The molecule has 0 saturated carbocycles. The molecule has 0 aliphatic rings. The van der Waals surface area contributed by atoms with E-state index in [1.165, 1.54) is 12.1 Å². The van der Waals surface area contributed by atoms with Gasteiger partial charge in [0.1, 0.15) is 5.75 Å². The zero-order valence-corrected chi connectivity index (χ0v) is 12.4. The van der Waals surface area contributed by atoms with Crippen LogP contribution in [-0.2, 0) is 21.4 Å². The molecule has 1 heterocycles. The Labute approximate surface area is 126 Å². The van der Waals surface area contributed by atoms with Crippen LogP contribution in [0.3, 0.4) is 0 Å². The van der Waals surface area contributed by atoms with E-state index in [0.29, 0.717) is 12.4 Å². The Morgan fingerprint density at radius 1 is 1.36 bits per heavy atom. The molecule has 9 nitrogen and oxygen atoms in total. The number of carboxylic acids is 1. The number of carboxylic acid groups (broad SMARTS) is 1. The summed E-state index contributed by atoms with van der Waals surface area (Å²) in [5.41, 5.74) is 0. The SMILES string of the molecule is CCOc1ccc(S(=O)(=O)Nc2cnn(CC(=O)O)n2)cc1. The maximum Gasteiger partial charge on any atom is 0.327 e. The molecular weight excluding hydrogens is 312 g/mol. The van der Waals surface area contributed by atoms with Gasteiger partial charge in [-0.05, 0) is 31.2 Å². The zero-order valence-electron chi connectivity index (χ0n) is 11.6. The fourth-order valence-electron chi connectivity index (χ4n) is 1.62. The van der Waals surface area contributed by atoms with Crippen LogP contribution in [0.2, 0.25) is 0 Å². The molecule has 0 spiro atoms. The van der Waals surface area contributed by atoms with Gasteiger partial charge in [0.25, 0.3) is 10.0 Å². The van der Waals surface area contributed by atoms with Crippen molar-refractivity contribution in [2.24, 2.45) is 0 Å². The number of sulfonamides is 1. The lowest BCUT2D eigenvalue weighted by atomic mass is 10.3. The number of nitrogens with one attached hydrogen (secondary N) is 1. The van der Waals surface area contributed by atoms with Crippen LogP contribution in [0.5, 0.6) is 5.75 Å². The van der Waals surface area contributed by atoms with Crippen LogP contribution in [0.15, 0.2) is 35.4 Å². The molecule has 0 aliphatic carbocycles. The number of aromatic nitrogens is 3. The van der Waals surface area contributed by atoms with Gasteiger partial charge in [-0.15, -0.1) is 5.10 Å². The molecule has 10 heteroatoms. The normalized spacial score (nSPS) is 11.1. The Bertz CT molecular complexity index is 754. The van der Waals surface area contributed by atoms with Crippen LogP contribution >= 0.6 is 0 Å². The molecular formula is C12H14N4O5S. The van der Waals surface area contributed by atoms with Gasteiger partial charge in [0.15, 0.2) is 12.4 Å². The second-order valence-corrected chi connectivity index (χ2v) is 5.85. The first-order valence-corrected chi connectivity index (χ1v) is 7.76. The fourth-order valence-corrected chi connectivity index (χ4v) is 2.60. The third-order valence-corrected chi connectivity index (χ3v) is 3.87. The first-order chi connectivity index (χ1) is 10.4. The summed E-state index contributed by atoms with van der Waals surface area (Å²) in [4.78, 5) is 11.4. The number of anilines is 1. The molecule has 0 atom stereocenters. The van der Waals surface area contributed by atoms with Crippen LogP contribution in [0.4, 0.5) is 5.82 Å². The molecule has 2 N–H and O–H groups in total. The summed E-state index contributed by atoms with van der Waals surface area (Å²) in [7, 11) is -3.83. The molecule has 0 aliphatic heterocycles. The molecule has 2 aromatic rings. The minimum Gasteiger partial charge on any atom is -0.494 e. The number of ether oxygens (including phenoxy) is 1. The molecule has 1 aromatic carbocycles. The highest BCUT2D eigenvalue weighted by Gasteiger charge is 2.16. The summed E-state index contributed by atoms with van der Waals surface area (Å²) in [6.07, 6.45) is 1.13. The minimum atomic E-state index is -3.83. The average Bonchev–Trinajstić information content (AvgIpc) is 2.85. The maximum atomic E-state index is 12.2. The highest BCUT2D eigenvalue weighted by molar-refractivity contribution is 7.92. The van der Waals surface area contributed by atoms with E-state index in [0.717, 1.165) is 11.0 Å². The Morgan fingerprint density at radius 3 is 2.64 bits per heavy atom. The second-order valence-electron chi connectivity index (χ2n) is 4.16. The van der Waals surface area contributed by atoms with E-state index < -0.39 is 22.5 Å². The maximum absolute atomic E-state index is 12.2. The molecule has 0 bridgehead atoms. The van der Waals surface area contributed by atoms with E-state index in [4.69, 9.17) is 9.84 Å². The lowest BCUT2D eigenvalue weighted by Crippen LogP contribution is -2.15. The van der Waals surface area contributed by atoms with Crippen molar-refractivity contribution in [3.8, 4) is 5.75 Å². The molecule has 0 fully saturated rings. The summed E-state index contributed by atoms with van der Waals surface area (Å²) in [6.45, 7) is 1.86. The van der Waals surface area contributed by atoms with Gasteiger partial charge in [0.05, 0.1) is 17.7 Å². The molecule has 0 unspecified atom stereocenters. The third kappa shape index (κ3) is 3.95. The van der Waals surface area contributed by atoms with Gasteiger partial charge in [-0.3, -0.25) is 9.52 Å². The highest BCUT2D eigenvalue weighted by Crippen LogP contribution is 2.18. The van der Waals surface area contributed by atoms with E-state index in [-0.39, 0.29) is 10.7 Å². The number of benzene rings is 1. The van der Waals surface area contributed by atoms with E-state index in [1.807, 2.05) is 6.92 Å². The Kier molecular flexibility index (Phi) is 4.61. The van der Waals surface area contributed by atoms with Crippen molar-refractivity contribution in [2.45, 2.75) is 18.4 Å². The fraction of sp³-hybridized carbons (Fsp3) is 0.250. The predicted octanol–water partition coefficient (Wildman–Crippen LogP) is 0.562. The van der Waals surface area contributed by atoms with Gasteiger partial charge in [0.2, 0.25) is 0 Å². The van der Waals surface area contributed by atoms with Gasteiger partial charge < -0.3 is 9.84 Å². The van der Waals surface area contributed by atoms with Crippen molar-refractivity contribution in [3.63, 3.8) is 0 Å². The Morgan fingerprint density at radius 2 is 2.05 bits per heavy atom. The summed E-state index contributed by atoms with van der Waals surface area (Å²) in [6, 6.07) is 5.88. The standard InChI is InChI=1S/C12H14N4O5S/c1-2-21-9-3-5-10(6-4-9)22(19,20)15-11-7-13-16(14-11)8-12(17)18/h3-7H,2,8H2,1H3,(H,14,15)(H,17,18). The van der Waals surface area contributed by atoms with Crippen molar-refractivity contribution in [1.82, 2.24) is 15.0 Å². The molecule has 1 aromatic heterocycles. The number of nitrogens with zero attached hydrogens (tertiary/aromatic N) is 3. The molecule has 118 valence electrons. The molecule has 0 radical (unpaired) electrons. The summed E-state index contributed by atoms with van der Waals surface area (Å²) >= 11 is 0. The van der Waals surface area contributed by atoms with Crippen LogP contribution in [0.25, 0.3) is 0 Å². The van der Waals surface area contributed by atoms with Crippen molar-refractivity contribution in [1.29, 1.82) is 0 Å². The van der Waals surface area contributed by atoms with Gasteiger partial charge in [0, 0.05) is 0 Å². The lowest BCUT2D eigenvalue weighted by molar-refractivity contribution is -0.138. The van der Waals surface area contributed by atoms with Crippen LogP contribution in [0.1, 0.15) is 6.92 Å². The number of rotatable bonds is 7. The van der Waals surface area contributed by atoms with Crippen LogP contribution < -0.4 is 9.46 Å². The van der Waals surface area contributed by atoms with Gasteiger partial charge in [-0.25, -0.2) is 8.42 Å². The number of carbonyl (C=O) groups is 1. The van der Waals surface area contributed by atoms with Crippen molar-refractivity contribution in [2.75, 3.05) is 11.3 Å². The third-order valence-electron chi connectivity index (χ3n) is 2.50. The summed E-state index contributed by atoms with van der Waals surface area (Å²) < 4.78 is 31.8. The van der Waals surface area contributed by atoms with E-state index >= 15 is 0 Å². The molecule has 22 heavy (non-hydrogen) atoms. The molecule has 0 saturated heterocycles. The van der Waals surface area contributed by atoms with E-state index in [2.05, 4.69) is 14.9 Å². The topological polar surface area (TPSA) is 123 Å². The Balaban J connectivity index is 2.13. The van der Waals surface area contributed by atoms with Crippen LogP contribution in [0, 0.1) is 0 Å². The second kappa shape index (κ2) is 6.43. The van der Waals surface area contributed by atoms with Gasteiger partial charge >= 0.3 is 5.97 Å². The predicted molar refractivity (Wildman–Crippen MR) is 76.1 cm³/mol. The zero-order chi connectivity index (χ0) is 16.2. The quantitative estimate of drug-likeness (QED) is 0.762. The highest BCUT2D eigenvalue weighted by atomic mass is 32.2. The minimum absolute atomic E-state index is 0.0312. The summed E-state index contributed by atoms with van der Waals surface area (Å²) in [5.74, 6) is -0.625. The van der Waals surface area contributed by atoms with Crippen molar-refractivity contribution in [3.05, 3.63) is 30.5 Å². The molecule has 0 amide bonds. The van der Waals surface area contributed by atoms with Gasteiger partial charge in [-0.2, -0.15) is 9.90 Å². The monoisotopic (exact) mass is 326 g/mol.